The van der Waals surface area contributed by atoms with E-state index in [0.29, 0.717) is 0 Å². The second-order valence-corrected chi connectivity index (χ2v) is 8.28. The number of hydrogen-bond donors (Lipinski definition) is 0. The van der Waals surface area contributed by atoms with Gasteiger partial charge in [0.15, 0.2) is 0 Å². The molecular formula is C16H35AlO. The third-order valence-corrected chi connectivity index (χ3v) is 6.42. The summed E-state index contributed by atoms with van der Waals surface area (Å²) in [6.07, 6.45) is 13.7. The smallest absolute Gasteiger partial charge is 0.460 e. The molecule has 0 amide bonds. The van der Waals surface area contributed by atoms with Crippen molar-refractivity contribution in [3.05, 3.63) is 0 Å². The zero-order chi connectivity index (χ0) is 13.5. The van der Waals surface area contributed by atoms with Crippen LogP contribution >= 0.6 is 0 Å². The van der Waals surface area contributed by atoms with Gasteiger partial charge in [-0.05, 0) is 6.42 Å². The van der Waals surface area contributed by atoms with Crippen LogP contribution in [-0.2, 0) is 3.79 Å². The van der Waals surface area contributed by atoms with Crippen LogP contribution in [0.25, 0.3) is 0 Å². The molecule has 0 spiro atoms. The van der Waals surface area contributed by atoms with E-state index >= 15 is 0 Å². The van der Waals surface area contributed by atoms with Crippen molar-refractivity contribution < 1.29 is 3.79 Å². The summed E-state index contributed by atoms with van der Waals surface area (Å²) < 4.78 is 6.19. The molecule has 0 aliphatic carbocycles. The average molecular weight is 270 g/mol. The summed E-state index contributed by atoms with van der Waals surface area (Å²) in [5.41, 5.74) is 0. The van der Waals surface area contributed by atoms with E-state index < -0.39 is 14.5 Å². The fourth-order valence-corrected chi connectivity index (χ4v) is 5.16. The normalized spacial score (nSPS) is 10.8. The number of rotatable bonds is 14. The van der Waals surface area contributed by atoms with Crippen LogP contribution < -0.4 is 0 Å². The highest BCUT2D eigenvalue weighted by atomic mass is 27.2. The van der Waals surface area contributed by atoms with Crippen molar-refractivity contribution in [3.63, 3.8) is 0 Å². The van der Waals surface area contributed by atoms with Gasteiger partial charge in [0.1, 0.15) is 0 Å². The Balaban J connectivity index is 3.43. The lowest BCUT2D eigenvalue weighted by molar-refractivity contribution is 0.302. The molecule has 108 valence electrons. The molecule has 0 rings (SSSR count). The first-order chi connectivity index (χ1) is 8.85. The van der Waals surface area contributed by atoms with Crippen molar-refractivity contribution in [2.24, 2.45) is 0 Å². The Morgan fingerprint density at radius 1 is 0.611 bits per heavy atom. The first-order valence-electron chi connectivity index (χ1n) is 8.46. The van der Waals surface area contributed by atoms with Crippen LogP contribution in [0.4, 0.5) is 0 Å². The molecule has 18 heavy (non-hydrogen) atoms. The molecule has 1 nitrogen and oxygen atoms in total. The molecule has 0 radical (unpaired) electrons. The summed E-state index contributed by atoms with van der Waals surface area (Å²) in [5, 5.41) is 2.82. The lowest BCUT2D eigenvalue weighted by Gasteiger charge is -2.12. The highest BCUT2D eigenvalue weighted by Gasteiger charge is 2.18. The van der Waals surface area contributed by atoms with Crippen LogP contribution in [0.5, 0.6) is 0 Å². The number of unbranched alkanes of at least 4 members (excludes halogenated alkanes) is 7. The lowest BCUT2D eigenvalue weighted by Crippen LogP contribution is -2.18. The second-order valence-electron chi connectivity index (χ2n) is 5.55. The third kappa shape index (κ3) is 12.9. The monoisotopic (exact) mass is 270 g/mol. The van der Waals surface area contributed by atoms with Crippen LogP contribution in [0.3, 0.4) is 0 Å². The predicted molar refractivity (Wildman–Crippen MR) is 84.5 cm³/mol. The largest absolute Gasteiger partial charge is 0.501 e. The van der Waals surface area contributed by atoms with Crippen LogP contribution in [0.2, 0.25) is 10.6 Å². The summed E-state index contributed by atoms with van der Waals surface area (Å²) in [7, 11) is 0. The lowest BCUT2D eigenvalue weighted by atomic mass is 10.1. The van der Waals surface area contributed by atoms with Crippen molar-refractivity contribution in [1.82, 2.24) is 0 Å². The Bertz CT molecular complexity index is 142. The van der Waals surface area contributed by atoms with Crippen molar-refractivity contribution in [3.8, 4) is 0 Å². The summed E-state index contributed by atoms with van der Waals surface area (Å²) in [6, 6.07) is 0. The highest BCUT2D eigenvalue weighted by Crippen LogP contribution is 2.12. The quantitative estimate of drug-likeness (QED) is 0.280. The molecule has 0 aromatic rings. The first-order valence-corrected chi connectivity index (χ1v) is 10.6. The molecular weight excluding hydrogens is 235 g/mol. The Morgan fingerprint density at radius 2 is 1.11 bits per heavy atom. The second kappa shape index (κ2) is 15.5. The van der Waals surface area contributed by atoms with Gasteiger partial charge in [0.25, 0.3) is 0 Å². The van der Waals surface area contributed by atoms with E-state index in [1.54, 1.807) is 0 Å². The van der Waals surface area contributed by atoms with Crippen molar-refractivity contribution in [2.75, 3.05) is 6.61 Å². The molecule has 0 saturated heterocycles. The molecule has 0 atom stereocenters. The maximum absolute atomic E-state index is 6.19. The average Bonchev–Trinajstić information content (AvgIpc) is 2.40. The Labute approximate surface area is 120 Å². The van der Waals surface area contributed by atoms with Crippen molar-refractivity contribution >= 4 is 14.5 Å². The van der Waals surface area contributed by atoms with Crippen LogP contribution in [0.1, 0.15) is 85.0 Å². The van der Waals surface area contributed by atoms with Gasteiger partial charge in [-0.15, -0.1) is 0 Å². The molecule has 0 aromatic heterocycles. The van der Waals surface area contributed by atoms with E-state index in [1.807, 2.05) is 0 Å². The minimum absolute atomic E-state index is 0.834. The third-order valence-electron chi connectivity index (χ3n) is 3.61. The zero-order valence-corrected chi connectivity index (χ0v) is 14.3. The summed E-state index contributed by atoms with van der Waals surface area (Å²) in [6.45, 7) is 7.91. The molecule has 0 fully saturated rings. The fraction of sp³-hybridized carbons (Fsp3) is 1.00. The van der Waals surface area contributed by atoms with E-state index in [9.17, 15) is 0 Å². The van der Waals surface area contributed by atoms with Gasteiger partial charge in [-0.3, -0.25) is 0 Å². The van der Waals surface area contributed by atoms with Gasteiger partial charge >= 0.3 is 14.5 Å². The van der Waals surface area contributed by atoms with Crippen LogP contribution in [0.15, 0.2) is 0 Å². The molecule has 0 heterocycles. The van der Waals surface area contributed by atoms with E-state index in [1.165, 1.54) is 74.8 Å². The van der Waals surface area contributed by atoms with Gasteiger partial charge in [-0.25, -0.2) is 0 Å². The predicted octanol–water partition coefficient (Wildman–Crippen LogP) is 5.96. The van der Waals surface area contributed by atoms with E-state index in [4.69, 9.17) is 3.79 Å². The van der Waals surface area contributed by atoms with Crippen LogP contribution in [-0.4, -0.2) is 21.1 Å². The number of hydrogen-bond acceptors (Lipinski definition) is 1. The molecule has 2 heteroatoms. The van der Waals surface area contributed by atoms with Gasteiger partial charge in [0.2, 0.25) is 0 Å². The van der Waals surface area contributed by atoms with Crippen LogP contribution in [0, 0.1) is 0 Å². The summed E-state index contributed by atoms with van der Waals surface area (Å²) in [4.78, 5) is 0. The Hall–Kier alpha value is 0.492. The first kappa shape index (κ1) is 18.5. The minimum Gasteiger partial charge on any atom is -0.501 e. The van der Waals surface area contributed by atoms with Crippen molar-refractivity contribution in [2.45, 2.75) is 95.5 Å². The van der Waals surface area contributed by atoms with Gasteiger partial charge in [0, 0.05) is 6.61 Å². The van der Waals surface area contributed by atoms with Crippen molar-refractivity contribution in [1.29, 1.82) is 0 Å². The highest BCUT2D eigenvalue weighted by molar-refractivity contribution is 6.51. The zero-order valence-electron chi connectivity index (χ0n) is 13.2. The Morgan fingerprint density at radius 3 is 1.67 bits per heavy atom. The molecule has 0 unspecified atom stereocenters. The maximum atomic E-state index is 6.19. The SMILES string of the molecule is CCCCCCCC[O][Al]([CH2]CCC)[CH2]CCC. The van der Waals surface area contributed by atoms with Gasteiger partial charge in [0.05, 0.1) is 0 Å². The molecule has 0 aliphatic rings. The van der Waals surface area contributed by atoms with E-state index in [-0.39, 0.29) is 0 Å². The fourth-order valence-electron chi connectivity index (χ4n) is 2.31. The molecule has 0 N–H and O–H groups in total. The summed E-state index contributed by atoms with van der Waals surface area (Å²) >= 11 is -0.834. The van der Waals surface area contributed by atoms with Gasteiger partial charge < -0.3 is 3.79 Å². The molecule has 0 saturated carbocycles. The standard InChI is InChI=1S/C8H17O.2C4H9.Al/c1-2-3-4-5-6-7-8-9;2*1-3-4-2;/h2-8H2,1H3;2*1,3-4H2,2H3;/q-1;;;+1. The minimum atomic E-state index is -0.834. The molecule has 0 bridgehead atoms. The van der Waals surface area contributed by atoms with Gasteiger partial charge in [-0.2, -0.15) is 0 Å². The summed E-state index contributed by atoms with van der Waals surface area (Å²) in [5.74, 6) is 0. The van der Waals surface area contributed by atoms with Gasteiger partial charge in [-0.1, -0.05) is 89.1 Å². The maximum Gasteiger partial charge on any atom is 0.460 e. The van der Waals surface area contributed by atoms with E-state index in [2.05, 4.69) is 20.8 Å². The van der Waals surface area contributed by atoms with E-state index in [0.717, 1.165) is 6.61 Å². The molecule has 0 aromatic carbocycles. The Kier molecular flexibility index (Phi) is 16.0. The topological polar surface area (TPSA) is 9.23 Å². The molecule has 0 aliphatic heterocycles.